The highest BCUT2D eigenvalue weighted by molar-refractivity contribution is 14.1. The number of anilines is 1. The van der Waals surface area contributed by atoms with Gasteiger partial charge in [0.05, 0.1) is 5.56 Å². The highest BCUT2D eigenvalue weighted by Gasteiger charge is 2.11. The van der Waals surface area contributed by atoms with E-state index in [2.05, 4.69) is 48.8 Å². The van der Waals surface area contributed by atoms with Crippen LogP contribution in [-0.2, 0) is 0 Å². The zero-order valence-electron chi connectivity index (χ0n) is 9.58. The van der Waals surface area contributed by atoms with Crippen molar-refractivity contribution in [3.8, 4) is 0 Å². The summed E-state index contributed by atoms with van der Waals surface area (Å²) in [4.78, 5) is 16.2. The van der Waals surface area contributed by atoms with Crippen molar-refractivity contribution >= 4 is 50.2 Å². The number of hydrogen-bond donors (Lipinski definition) is 1. The first-order valence-corrected chi connectivity index (χ1v) is 7.13. The first kappa shape index (κ1) is 13.5. The molecule has 0 unspecified atom stereocenters. The fourth-order valence-corrected chi connectivity index (χ4v) is 2.42. The van der Waals surface area contributed by atoms with Crippen LogP contribution < -0.4 is 5.32 Å². The van der Waals surface area contributed by atoms with E-state index in [1.165, 1.54) is 0 Å². The predicted octanol–water partition coefficient (Wildman–Crippen LogP) is 4.01. The van der Waals surface area contributed by atoms with Gasteiger partial charge in [0.15, 0.2) is 0 Å². The summed E-state index contributed by atoms with van der Waals surface area (Å²) in [5, 5.41) is 2.78. The number of halogens is 2. The second-order valence-corrected chi connectivity index (χ2v) is 5.74. The molecule has 18 heavy (non-hydrogen) atoms. The first-order valence-electron chi connectivity index (χ1n) is 5.26. The average molecular weight is 417 g/mol. The van der Waals surface area contributed by atoms with E-state index in [-0.39, 0.29) is 5.91 Å². The summed E-state index contributed by atoms with van der Waals surface area (Å²) in [6, 6.07) is 9.24. The molecule has 0 bridgehead atoms. The van der Waals surface area contributed by atoms with Crippen LogP contribution in [0.1, 0.15) is 15.9 Å². The van der Waals surface area contributed by atoms with Gasteiger partial charge in [0, 0.05) is 14.2 Å². The molecule has 0 aliphatic carbocycles. The smallest absolute Gasteiger partial charge is 0.257 e. The van der Waals surface area contributed by atoms with Crippen molar-refractivity contribution in [1.29, 1.82) is 0 Å². The van der Waals surface area contributed by atoms with Crippen molar-refractivity contribution < 1.29 is 4.79 Å². The number of nitrogens with zero attached hydrogens (tertiary/aromatic N) is 1. The van der Waals surface area contributed by atoms with Gasteiger partial charge in [0.25, 0.3) is 5.91 Å². The number of carbonyl (C=O) groups is 1. The number of carbonyl (C=O) groups excluding carboxylic acids is 1. The number of amides is 1. The maximum Gasteiger partial charge on any atom is 0.257 e. The number of aromatic nitrogens is 1. The van der Waals surface area contributed by atoms with Crippen molar-refractivity contribution in [3.63, 3.8) is 0 Å². The number of nitrogens with one attached hydrogen (secondary N) is 1. The monoisotopic (exact) mass is 416 g/mol. The first-order chi connectivity index (χ1) is 8.58. The molecule has 2 rings (SSSR count). The quantitative estimate of drug-likeness (QED) is 0.751. The molecule has 5 heteroatoms. The lowest BCUT2D eigenvalue weighted by Crippen LogP contribution is -2.14. The van der Waals surface area contributed by atoms with Crippen molar-refractivity contribution in [3.05, 3.63) is 55.7 Å². The maximum atomic E-state index is 12.1. The lowest BCUT2D eigenvalue weighted by Gasteiger charge is -2.08. The van der Waals surface area contributed by atoms with E-state index >= 15 is 0 Å². The molecule has 1 amide bonds. The van der Waals surface area contributed by atoms with Gasteiger partial charge in [-0.1, -0.05) is 28.1 Å². The second-order valence-electron chi connectivity index (χ2n) is 3.75. The molecule has 0 saturated carbocycles. The van der Waals surface area contributed by atoms with Crippen LogP contribution in [0.3, 0.4) is 0 Å². The number of aryl methyl sites for hydroxylation is 1. The van der Waals surface area contributed by atoms with Gasteiger partial charge < -0.3 is 5.32 Å². The van der Waals surface area contributed by atoms with E-state index < -0.39 is 0 Å². The van der Waals surface area contributed by atoms with Gasteiger partial charge >= 0.3 is 0 Å². The molecule has 0 spiro atoms. The molecule has 1 aromatic heterocycles. The lowest BCUT2D eigenvalue weighted by atomic mass is 10.1. The second kappa shape index (κ2) is 5.79. The molecule has 0 atom stereocenters. The zero-order valence-corrected chi connectivity index (χ0v) is 13.3. The van der Waals surface area contributed by atoms with Crippen LogP contribution in [0.15, 0.2) is 41.0 Å². The van der Waals surface area contributed by atoms with Crippen molar-refractivity contribution in [1.82, 2.24) is 4.98 Å². The minimum Gasteiger partial charge on any atom is -0.307 e. The Bertz CT molecular complexity index is 601. The zero-order chi connectivity index (χ0) is 13.1. The van der Waals surface area contributed by atoms with Crippen LogP contribution >= 0.6 is 38.5 Å². The van der Waals surface area contributed by atoms with Crippen LogP contribution in [0.2, 0.25) is 0 Å². The van der Waals surface area contributed by atoms with E-state index in [1.54, 1.807) is 12.3 Å². The fourth-order valence-electron chi connectivity index (χ4n) is 1.48. The average Bonchev–Trinajstić information content (AvgIpc) is 2.32. The standard InChI is InChI=1S/C13H10BrIN2O/c1-8-3-2-4-10(12(8)15)13(18)17-11-7-9(14)5-6-16-11/h2-7H,1H3,(H,16,17,18). The van der Waals surface area contributed by atoms with Crippen molar-refractivity contribution in [2.24, 2.45) is 0 Å². The Morgan fingerprint density at radius 1 is 1.39 bits per heavy atom. The van der Waals surface area contributed by atoms with E-state index in [9.17, 15) is 4.79 Å². The van der Waals surface area contributed by atoms with Gasteiger partial charge in [0.1, 0.15) is 5.82 Å². The Balaban J connectivity index is 2.25. The molecule has 3 nitrogen and oxygen atoms in total. The third-order valence-corrected chi connectivity index (χ3v) is 4.33. The molecule has 1 N–H and O–H groups in total. The molecule has 2 aromatic rings. The lowest BCUT2D eigenvalue weighted by molar-refractivity contribution is 0.102. The Morgan fingerprint density at radius 3 is 2.89 bits per heavy atom. The molecule has 0 radical (unpaired) electrons. The van der Waals surface area contributed by atoms with Gasteiger partial charge in [-0.15, -0.1) is 0 Å². The number of hydrogen-bond acceptors (Lipinski definition) is 2. The summed E-state index contributed by atoms with van der Waals surface area (Å²) in [5.41, 5.74) is 1.75. The van der Waals surface area contributed by atoms with Gasteiger partial charge in [-0.3, -0.25) is 4.79 Å². The van der Waals surface area contributed by atoms with Crippen molar-refractivity contribution in [2.45, 2.75) is 6.92 Å². The number of pyridine rings is 1. The number of rotatable bonds is 2. The van der Waals surface area contributed by atoms with Crippen LogP contribution in [0, 0.1) is 10.5 Å². The Hall–Kier alpha value is -0.950. The summed E-state index contributed by atoms with van der Waals surface area (Å²) in [6.07, 6.45) is 1.64. The van der Waals surface area contributed by atoms with Gasteiger partial charge in [0.2, 0.25) is 0 Å². The molecular formula is C13H10BrIN2O. The Labute approximate surface area is 127 Å². The van der Waals surface area contributed by atoms with E-state index in [1.807, 2.05) is 31.2 Å². The SMILES string of the molecule is Cc1cccc(C(=O)Nc2cc(Br)ccn2)c1I. The molecule has 92 valence electrons. The van der Waals surface area contributed by atoms with E-state index in [0.717, 1.165) is 13.6 Å². The highest BCUT2D eigenvalue weighted by atomic mass is 127. The molecule has 0 fully saturated rings. The third kappa shape index (κ3) is 3.08. The number of benzene rings is 1. The summed E-state index contributed by atoms with van der Waals surface area (Å²) in [6.45, 7) is 1.98. The molecule has 0 saturated heterocycles. The van der Waals surface area contributed by atoms with E-state index in [0.29, 0.717) is 11.4 Å². The Kier molecular flexibility index (Phi) is 4.34. The van der Waals surface area contributed by atoms with Crippen LogP contribution in [0.5, 0.6) is 0 Å². The van der Waals surface area contributed by atoms with Gasteiger partial charge in [-0.25, -0.2) is 4.98 Å². The minimum atomic E-state index is -0.145. The topological polar surface area (TPSA) is 42.0 Å². The minimum absolute atomic E-state index is 0.145. The summed E-state index contributed by atoms with van der Waals surface area (Å²) in [5.74, 6) is 0.389. The van der Waals surface area contributed by atoms with Crippen LogP contribution in [0.25, 0.3) is 0 Å². The molecular weight excluding hydrogens is 407 g/mol. The molecule has 0 aliphatic heterocycles. The molecule has 1 heterocycles. The van der Waals surface area contributed by atoms with Crippen LogP contribution in [-0.4, -0.2) is 10.9 Å². The largest absolute Gasteiger partial charge is 0.307 e. The molecule has 1 aromatic carbocycles. The van der Waals surface area contributed by atoms with Crippen molar-refractivity contribution in [2.75, 3.05) is 5.32 Å². The van der Waals surface area contributed by atoms with Gasteiger partial charge in [-0.2, -0.15) is 0 Å². The summed E-state index contributed by atoms with van der Waals surface area (Å²) < 4.78 is 1.84. The molecule has 0 aliphatic rings. The summed E-state index contributed by atoms with van der Waals surface area (Å²) >= 11 is 5.52. The maximum absolute atomic E-state index is 12.1. The normalized spacial score (nSPS) is 10.2. The highest BCUT2D eigenvalue weighted by Crippen LogP contribution is 2.19. The third-order valence-electron chi connectivity index (χ3n) is 2.40. The predicted molar refractivity (Wildman–Crippen MR) is 83.8 cm³/mol. The fraction of sp³-hybridized carbons (Fsp3) is 0.0769. The van der Waals surface area contributed by atoms with Crippen LogP contribution in [0.4, 0.5) is 5.82 Å². The van der Waals surface area contributed by atoms with E-state index in [4.69, 9.17) is 0 Å². The Morgan fingerprint density at radius 2 is 2.17 bits per heavy atom. The van der Waals surface area contributed by atoms with Gasteiger partial charge in [-0.05, 0) is 53.3 Å². The summed E-state index contributed by atoms with van der Waals surface area (Å²) in [7, 11) is 0.